The Labute approximate surface area is 147 Å². The minimum atomic E-state index is -3.77. The first-order valence-corrected chi connectivity index (χ1v) is 9.44. The van der Waals surface area contributed by atoms with E-state index >= 15 is 0 Å². The van der Waals surface area contributed by atoms with Crippen molar-refractivity contribution in [3.05, 3.63) is 54.1 Å². The Kier molecular flexibility index (Phi) is 4.67. The number of methoxy groups -OCH3 is 1. The number of benzene rings is 2. The van der Waals surface area contributed by atoms with Crippen molar-refractivity contribution in [3.63, 3.8) is 0 Å². The van der Waals surface area contributed by atoms with Crippen LogP contribution in [-0.4, -0.2) is 39.4 Å². The maximum Gasteiger partial charge on any atom is 0.262 e. The molecule has 1 aliphatic rings. The number of nitrogens with zero attached hydrogens (tertiary/aromatic N) is 1. The Bertz CT molecular complexity index is 874. The smallest absolute Gasteiger partial charge is 0.262 e. The molecule has 0 unspecified atom stereocenters. The number of nitrogens with one attached hydrogen (secondary N) is 1. The molecule has 25 heavy (non-hydrogen) atoms. The fourth-order valence-corrected chi connectivity index (χ4v) is 3.61. The van der Waals surface area contributed by atoms with Crippen molar-refractivity contribution in [2.75, 3.05) is 18.9 Å². The molecule has 1 N–H and O–H groups in total. The second-order valence-electron chi connectivity index (χ2n) is 5.98. The van der Waals surface area contributed by atoms with Crippen LogP contribution in [-0.2, 0) is 10.0 Å². The molecule has 1 fully saturated rings. The lowest BCUT2D eigenvalue weighted by Gasteiger charge is -2.16. The lowest BCUT2D eigenvalue weighted by Crippen LogP contribution is -2.28. The summed E-state index contributed by atoms with van der Waals surface area (Å²) in [7, 11) is -0.520. The molecule has 0 heterocycles. The highest BCUT2D eigenvalue weighted by molar-refractivity contribution is 7.92. The molecule has 1 aliphatic carbocycles. The molecule has 0 spiro atoms. The summed E-state index contributed by atoms with van der Waals surface area (Å²) < 4.78 is 32.7. The van der Waals surface area contributed by atoms with Crippen molar-refractivity contribution in [1.29, 1.82) is 0 Å². The van der Waals surface area contributed by atoms with Gasteiger partial charge in [-0.15, -0.1) is 0 Å². The largest absolute Gasteiger partial charge is 0.495 e. The van der Waals surface area contributed by atoms with Gasteiger partial charge in [0.05, 0.1) is 17.7 Å². The van der Waals surface area contributed by atoms with Gasteiger partial charge >= 0.3 is 0 Å². The molecule has 0 bridgehead atoms. The van der Waals surface area contributed by atoms with Gasteiger partial charge in [-0.25, -0.2) is 8.42 Å². The van der Waals surface area contributed by atoms with Crippen LogP contribution in [0.2, 0.25) is 0 Å². The molecule has 1 amide bonds. The molecule has 0 saturated heterocycles. The molecule has 2 aromatic rings. The lowest BCUT2D eigenvalue weighted by molar-refractivity contribution is 0.0785. The van der Waals surface area contributed by atoms with Crippen LogP contribution >= 0.6 is 0 Å². The summed E-state index contributed by atoms with van der Waals surface area (Å²) in [6, 6.07) is 13.0. The van der Waals surface area contributed by atoms with Crippen molar-refractivity contribution in [2.45, 2.75) is 23.8 Å². The molecule has 2 aromatic carbocycles. The van der Waals surface area contributed by atoms with Gasteiger partial charge in [0.1, 0.15) is 5.75 Å². The predicted molar refractivity (Wildman–Crippen MR) is 95.4 cm³/mol. The molecular formula is C18H20N2O4S. The van der Waals surface area contributed by atoms with E-state index in [2.05, 4.69) is 4.72 Å². The first kappa shape index (κ1) is 17.3. The number of hydrogen-bond acceptors (Lipinski definition) is 4. The molecule has 1 saturated carbocycles. The summed E-state index contributed by atoms with van der Waals surface area (Å²) in [5, 5.41) is 0. The summed E-state index contributed by atoms with van der Waals surface area (Å²) in [5.41, 5.74) is 0.837. The summed E-state index contributed by atoms with van der Waals surface area (Å²) in [5.74, 6) is 0.341. The molecule has 7 heteroatoms. The van der Waals surface area contributed by atoms with Gasteiger partial charge in [0.25, 0.3) is 15.9 Å². The molecule has 0 radical (unpaired) electrons. The SMILES string of the molecule is COc1ccccc1NS(=O)(=O)c1ccc(C(=O)N(C)C2CC2)cc1. The molecule has 3 rings (SSSR count). The predicted octanol–water partition coefficient (Wildman–Crippen LogP) is 2.73. The van der Waals surface area contributed by atoms with Crippen molar-refractivity contribution < 1.29 is 17.9 Å². The lowest BCUT2D eigenvalue weighted by atomic mass is 10.2. The Morgan fingerprint density at radius 1 is 1.12 bits per heavy atom. The molecule has 0 aromatic heterocycles. The van der Waals surface area contributed by atoms with Gasteiger partial charge < -0.3 is 9.64 Å². The number of para-hydroxylation sites is 2. The third-order valence-corrected chi connectivity index (χ3v) is 5.56. The van der Waals surface area contributed by atoms with Crippen molar-refractivity contribution in [3.8, 4) is 5.75 Å². The summed E-state index contributed by atoms with van der Waals surface area (Å²) in [6.07, 6.45) is 2.05. The van der Waals surface area contributed by atoms with E-state index in [1.165, 1.54) is 31.4 Å². The number of hydrogen-bond donors (Lipinski definition) is 1. The normalized spacial score (nSPS) is 14.0. The third kappa shape index (κ3) is 3.76. The maximum absolute atomic E-state index is 12.5. The number of ether oxygens (including phenoxy) is 1. The van der Waals surface area contributed by atoms with Gasteiger partial charge in [0.2, 0.25) is 0 Å². The van der Waals surface area contributed by atoms with Crippen LogP contribution in [0.5, 0.6) is 5.75 Å². The highest BCUT2D eigenvalue weighted by atomic mass is 32.2. The van der Waals surface area contributed by atoms with E-state index in [0.29, 0.717) is 23.0 Å². The van der Waals surface area contributed by atoms with Gasteiger partial charge in [-0.3, -0.25) is 9.52 Å². The van der Waals surface area contributed by atoms with E-state index in [4.69, 9.17) is 4.74 Å². The Hall–Kier alpha value is -2.54. The highest BCUT2D eigenvalue weighted by Gasteiger charge is 2.30. The molecule has 0 aliphatic heterocycles. The van der Waals surface area contributed by atoms with Crippen molar-refractivity contribution >= 4 is 21.6 Å². The van der Waals surface area contributed by atoms with E-state index in [9.17, 15) is 13.2 Å². The van der Waals surface area contributed by atoms with E-state index in [1.807, 2.05) is 0 Å². The van der Waals surface area contributed by atoms with Gasteiger partial charge in [0, 0.05) is 18.7 Å². The van der Waals surface area contributed by atoms with Gasteiger partial charge in [0.15, 0.2) is 0 Å². The van der Waals surface area contributed by atoms with Crippen LogP contribution in [0.1, 0.15) is 23.2 Å². The number of amides is 1. The Morgan fingerprint density at radius 3 is 2.36 bits per heavy atom. The van der Waals surface area contributed by atoms with Gasteiger partial charge in [-0.2, -0.15) is 0 Å². The van der Waals surface area contributed by atoms with Crippen LogP contribution in [0.4, 0.5) is 5.69 Å². The van der Waals surface area contributed by atoms with Crippen LogP contribution in [0, 0.1) is 0 Å². The fourth-order valence-electron chi connectivity index (χ4n) is 2.54. The third-order valence-electron chi connectivity index (χ3n) is 4.18. The van der Waals surface area contributed by atoms with Crippen LogP contribution in [0.25, 0.3) is 0 Å². The first-order valence-electron chi connectivity index (χ1n) is 7.95. The fraction of sp³-hybridized carbons (Fsp3) is 0.278. The van der Waals surface area contributed by atoms with Crippen molar-refractivity contribution in [2.24, 2.45) is 0 Å². The van der Waals surface area contributed by atoms with Crippen molar-refractivity contribution in [1.82, 2.24) is 4.90 Å². The van der Waals surface area contributed by atoms with E-state index in [0.717, 1.165) is 12.8 Å². The van der Waals surface area contributed by atoms with Crippen LogP contribution < -0.4 is 9.46 Å². The summed E-state index contributed by atoms with van der Waals surface area (Å²) in [4.78, 5) is 14.1. The van der Waals surface area contributed by atoms with E-state index in [1.54, 1.807) is 36.2 Å². The topological polar surface area (TPSA) is 75.7 Å². The van der Waals surface area contributed by atoms with Gasteiger partial charge in [-0.1, -0.05) is 12.1 Å². The highest BCUT2D eigenvalue weighted by Crippen LogP contribution is 2.28. The monoisotopic (exact) mass is 360 g/mol. The summed E-state index contributed by atoms with van der Waals surface area (Å²) in [6.45, 7) is 0. The quantitative estimate of drug-likeness (QED) is 0.859. The molecule has 6 nitrogen and oxygen atoms in total. The Morgan fingerprint density at radius 2 is 1.76 bits per heavy atom. The zero-order chi connectivity index (χ0) is 18.0. The molecule has 0 atom stereocenters. The van der Waals surface area contributed by atoms with Crippen LogP contribution in [0.3, 0.4) is 0 Å². The minimum absolute atomic E-state index is 0.0871. The zero-order valence-electron chi connectivity index (χ0n) is 14.1. The molecular weight excluding hydrogens is 340 g/mol. The van der Waals surface area contributed by atoms with Crippen LogP contribution in [0.15, 0.2) is 53.4 Å². The summed E-state index contributed by atoms with van der Waals surface area (Å²) >= 11 is 0. The van der Waals surface area contributed by atoms with Gasteiger partial charge in [-0.05, 0) is 49.2 Å². The standard InChI is InChI=1S/C18H20N2O4S/c1-20(14-9-10-14)18(21)13-7-11-15(12-8-13)25(22,23)19-16-5-3-4-6-17(16)24-2/h3-8,11-12,14,19H,9-10H2,1-2H3. The molecule has 132 valence electrons. The van der Waals surface area contributed by atoms with E-state index in [-0.39, 0.29) is 10.8 Å². The van der Waals surface area contributed by atoms with E-state index < -0.39 is 10.0 Å². The second-order valence-corrected chi connectivity index (χ2v) is 7.66. The second kappa shape index (κ2) is 6.76. The number of carbonyl (C=O) groups is 1. The number of anilines is 1. The average molecular weight is 360 g/mol. The maximum atomic E-state index is 12.5. The minimum Gasteiger partial charge on any atom is -0.495 e. The number of carbonyl (C=O) groups excluding carboxylic acids is 1. The first-order chi connectivity index (χ1) is 11.9. The Balaban J connectivity index is 1.79. The average Bonchev–Trinajstić information content (AvgIpc) is 3.46. The number of rotatable bonds is 6. The zero-order valence-corrected chi connectivity index (χ0v) is 14.9. The number of sulfonamides is 1.